The van der Waals surface area contributed by atoms with Crippen molar-refractivity contribution >= 4 is 5.82 Å². The van der Waals surface area contributed by atoms with E-state index in [1.54, 1.807) is 24.3 Å². The fourth-order valence-corrected chi connectivity index (χ4v) is 2.11. The average molecular weight is 289 g/mol. The van der Waals surface area contributed by atoms with Gasteiger partial charge in [0.15, 0.2) is 11.6 Å². The molecule has 0 radical (unpaired) electrons. The summed E-state index contributed by atoms with van der Waals surface area (Å²) < 4.78 is 19.4. The number of halogens is 1. The van der Waals surface area contributed by atoms with Crippen LogP contribution >= 0.6 is 0 Å². The number of nitrogens with one attached hydrogen (secondary N) is 1. The summed E-state index contributed by atoms with van der Waals surface area (Å²) in [6.45, 7) is 4.81. The first-order valence-corrected chi connectivity index (χ1v) is 7.14. The van der Waals surface area contributed by atoms with Gasteiger partial charge in [-0.05, 0) is 25.5 Å². The molecule has 0 unspecified atom stereocenters. The Balaban J connectivity index is 2.51. The van der Waals surface area contributed by atoms with Crippen LogP contribution in [0.1, 0.15) is 26.1 Å². The van der Waals surface area contributed by atoms with Crippen molar-refractivity contribution in [2.45, 2.75) is 26.7 Å². The molecule has 2 aromatic rings. The molecule has 4 nitrogen and oxygen atoms in total. The Hall–Kier alpha value is -2.17. The summed E-state index contributed by atoms with van der Waals surface area (Å²) in [7, 11) is 1.45. The first kappa shape index (κ1) is 15.2. The molecular formula is C16H20FN3O. The molecule has 0 bridgehead atoms. The van der Waals surface area contributed by atoms with Crippen molar-refractivity contribution < 1.29 is 9.13 Å². The van der Waals surface area contributed by atoms with E-state index < -0.39 is 5.82 Å². The highest BCUT2D eigenvalue weighted by Gasteiger charge is 2.13. The molecule has 0 aliphatic carbocycles. The third-order valence-electron chi connectivity index (χ3n) is 3.06. The number of aromatic nitrogens is 2. The monoisotopic (exact) mass is 289 g/mol. The Morgan fingerprint density at radius 1 is 1.24 bits per heavy atom. The van der Waals surface area contributed by atoms with E-state index in [2.05, 4.69) is 22.2 Å². The number of ether oxygens (including phenoxy) is 1. The second kappa shape index (κ2) is 7.02. The van der Waals surface area contributed by atoms with Gasteiger partial charge in [-0.3, -0.25) is 0 Å². The number of aryl methyl sites for hydroxylation is 1. The van der Waals surface area contributed by atoms with Crippen molar-refractivity contribution in [1.82, 2.24) is 9.97 Å². The lowest BCUT2D eigenvalue weighted by Crippen LogP contribution is -2.05. The summed E-state index contributed by atoms with van der Waals surface area (Å²) in [5.74, 6) is 1.25. The SMILES string of the molecule is CCCc1nc(NCC)cc(-c2cccc(OC)c2F)n1. The van der Waals surface area contributed by atoms with E-state index in [-0.39, 0.29) is 5.75 Å². The van der Waals surface area contributed by atoms with Gasteiger partial charge in [0.1, 0.15) is 11.6 Å². The summed E-state index contributed by atoms with van der Waals surface area (Å²) in [6, 6.07) is 6.82. The molecule has 1 N–H and O–H groups in total. The lowest BCUT2D eigenvalue weighted by Gasteiger charge is -2.10. The minimum Gasteiger partial charge on any atom is -0.494 e. The zero-order valence-electron chi connectivity index (χ0n) is 12.6. The minimum atomic E-state index is -0.399. The zero-order valence-corrected chi connectivity index (χ0v) is 12.6. The lowest BCUT2D eigenvalue weighted by molar-refractivity contribution is 0.387. The molecule has 1 aromatic heterocycles. The van der Waals surface area contributed by atoms with Crippen molar-refractivity contribution in [2.24, 2.45) is 0 Å². The van der Waals surface area contributed by atoms with Crippen LogP contribution in [0.15, 0.2) is 24.3 Å². The number of anilines is 1. The van der Waals surface area contributed by atoms with E-state index in [0.29, 0.717) is 22.9 Å². The maximum Gasteiger partial charge on any atom is 0.174 e. The van der Waals surface area contributed by atoms with E-state index in [0.717, 1.165) is 19.4 Å². The molecule has 0 aliphatic rings. The van der Waals surface area contributed by atoms with Gasteiger partial charge in [0.25, 0.3) is 0 Å². The van der Waals surface area contributed by atoms with Crippen LogP contribution in [0, 0.1) is 5.82 Å². The average Bonchev–Trinajstić information content (AvgIpc) is 2.48. The molecule has 0 amide bonds. The molecule has 0 fully saturated rings. The predicted octanol–water partition coefficient (Wildman–Crippen LogP) is 3.68. The molecule has 5 heteroatoms. The normalized spacial score (nSPS) is 10.5. The quantitative estimate of drug-likeness (QED) is 0.881. The minimum absolute atomic E-state index is 0.216. The fraction of sp³-hybridized carbons (Fsp3) is 0.375. The Morgan fingerprint density at radius 3 is 2.71 bits per heavy atom. The maximum atomic E-state index is 14.4. The van der Waals surface area contributed by atoms with Crippen LogP contribution in [0.4, 0.5) is 10.2 Å². The van der Waals surface area contributed by atoms with Crippen molar-refractivity contribution in [1.29, 1.82) is 0 Å². The van der Waals surface area contributed by atoms with Gasteiger partial charge < -0.3 is 10.1 Å². The fourth-order valence-electron chi connectivity index (χ4n) is 2.11. The van der Waals surface area contributed by atoms with Gasteiger partial charge in [0.2, 0.25) is 0 Å². The highest BCUT2D eigenvalue weighted by atomic mass is 19.1. The van der Waals surface area contributed by atoms with Gasteiger partial charge in [0.05, 0.1) is 12.8 Å². The molecule has 0 saturated heterocycles. The van der Waals surface area contributed by atoms with E-state index in [9.17, 15) is 4.39 Å². The number of hydrogen-bond acceptors (Lipinski definition) is 4. The Bertz CT molecular complexity index is 592. The van der Waals surface area contributed by atoms with Crippen LogP contribution < -0.4 is 10.1 Å². The number of methoxy groups -OCH3 is 1. The van der Waals surface area contributed by atoms with Gasteiger partial charge in [-0.15, -0.1) is 0 Å². The molecule has 112 valence electrons. The Morgan fingerprint density at radius 2 is 2.05 bits per heavy atom. The summed E-state index contributed by atoms with van der Waals surface area (Å²) >= 11 is 0. The molecule has 0 aliphatic heterocycles. The third-order valence-corrected chi connectivity index (χ3v) is 3.06. The second-order valence-electron chi connectivity index (χ2n) is 4.66. The van der Waals surface area contributed by atoms with Crippen LogP contribution in [-0.2, 0) is 6.42 Å². The van der Waals surface area contributed by atoms with Gasteiger partial charge in [-0.2, -0.15) is 0 Å². The topological polar surface area (TPSA) is 47.0 Å². The van der Waals surface area contributed by atoms with Crippen molar-refractivity contribution in [3.05, 3.63) is 35.9 Å². The molecule has 0 atom stereocenters. The van der Waals surface area contributed by atoms with Gasteiger partial charge in [0, 0.05) is 24.6 Å². The summed E-state index contributed by atoms with van der Waals surface area (Å²) in [5.41, 5.74) is 0.994. The molecular weight excluding hydrogens is 269 g/mol. The van der Waals surface area contributed by atoms with Gasteiger partial charge in [-0.25, -0.2) is 14.4 Å². The Kier molecular flexibility index (Phi) is 5.09. The number of benzene rings is 1. The molecule has 0 spiro atoms. The molecule has 21 heavy (non-hydrogen) atoms. The molecule has 1 heterocycles. The largest absolute Gasteiger partial charge is 0.494 e. The highest BCUT2D eigenvalue weighted by Crippen LogP contribution is 2.29. The number of hydrogen-bond donors (Lipinski definition) is 1. The van der Waals surface area contributed by atoms with Crippen molar-refractivity contribution in [2.75, 3.05) is 19.0 Å². The van der Waals surface area contributed by atoms with Gasteiger partial charge in [-0.1, -0.05) is 13.0 Å². The number of nitrogens with zero attached hydrogens (tertiary/aromatic N) is 2. The van der Waals surface area contributed by atoms with Crippen molar-refractivity contribution in [3.8, 4) is 17.0 Å². The first-order valence-electron chi connectivity index (χ1n) is 7.14. The van der Waals surface area contributed by atoms with Crippen LogP contribution in [0.25, 0.3) is 11.3 Å². The maximum absolute atomic E-state index is 14.4. The second-order valence-corrected chi connectivity index (χ2v) is 4.66. The third kappa shape index (κ3) is 3.48. The van der Waals surface area contributed by atoms with Crippen molar-refractivity contribution in [3.63, 3.8) is 0 Å². The van der Waals surface area contributed by atoms with Crippen LogP contribution in [-0.4, -0.2) is 23.6 Å². The van der Waals surface area contributed by atoms with Crippen LogP contribution in [0.3, 0.4) is 0 Å². The highest BCUT2D eigenvalue weighted by molar-refractivity contribution is 5.65. The van der Waals surface area contributed by atoms with E-state index in [1.165, 1.54) is 7.11 Å². The van der Waals surface area contributed by atoms with E-state index in [4.69, 9.17) is 4.74 Å². The van der Waals surface area contributed by atoms with E-state index in [1.807, 2.05) is 6.92 Å². The molecule has 0 saturated carbocycles. The summed E-state index contributed by atoms with van der Waals surface area (Å²) in [6.07, 6.45) is 1.70. The number of rotatable bonds is 6. The van der Waals surface area contributed by atoms with Gasteiger partial charge >= 0.3 is 0 Å². The smallest absolute Gasteiger partial charge is 0.174 e. The lowest BCUT2D eigenvalue weighted by atomic mass is 10.1. The predicted molar refractivity (Wildman–Crippen MR) is 82.1 cm³/mol. The zero-order chi connectivity index (χ0) is 15.2. The Labute approximate surface area is 124 Å². The van der Waals surface area contributed by atoms with E-state index >= 15 is 0 Å². The first-order chi connectivity index (χ1) is 10.2. The summed E-state index contributed by atoms with van der Waals surface area (Å²) in [5, 5.41) is 3.16. The van der Waals surface area contributed by atoms with Crippen LogP contribution in [0.2, 0.25) is 0 Å². The van der Waals surface area contributed by atoms with Crippen LogP contribution in [0.5, 0.6) is 5.75 Å². The molecule has 1 aromatic carbocycles. The molecule has 2 rings (SSSR count). The summed E-state index contributed by atoms with van der Waals surface area (Å²) in [4.78, 5) is 8.90. The standard InChI is InChI=1S/C16H20FN3O/c1-4-7-14-19-12(10-15(20-14)18-5-2)11-8-6-9-13(21-3)16(11)17/h6,8-10H,4-5,7H2,1-3H3,(H,18,19,20).